The Hall–Kier alpha value is -0.0800. The Morgan fingerprint density at radius 1 is 2.00 bits per heavy atom. The van der Waals surface area contributed by atoms with Gasteiger partial charge in [0.25, 0.3) is 0 Å². The molecule has 0 aromatic carbocycles. The van der Waals surface area contributed by atoms with Crippen molar-refractivity contribution in [2.45, 2.75) is 13.2 Å². The first-order valence-corrected chi connectivity index (χ1v) is 1.17. The van der Waals surface area contributed by atoms with Crippen LogP contribution in [-0.4, -0.2) is 11.3 Å². The number of hydrogen-bond acceptors (Lipinski definition) is 2. The van der Waals surface area contributed by atoms with Crippen LogP contribution in [0.2, 0.25) is 0 Å². The molecule has 26 valence electrons. The number of hydrogen-bond donors (Lipinski definition) is 2. The first-order chi connectivity index (χ1) is 1.73. The summed E-state index contributed by atoms with van der Waals surface area (Å²) in [4.78, 5) is 0. The molecule has 2 heteroatoms. The maximum Gasteiger partial charge on any atom is 0.0991 e. The Balaban J connectivity index is 2.32. The van der Waals surface area contributed by atoms with E-state index in [0.29, 0.717) is 0 Å². The van der Waals surface area contributed by atoms with E-state index in [1.165, 1.54) is 6.92 Å². The monoisotopic (exact) mass is 61.1 g/mol. The van der Waals surface area contributed by atoms with Gasteiger partial charge in [-0.1, -0.05) is 0 Å². The summed E-state index contributed by atoms with van der Waals surface area (Å²) in [6.45, 7) is 1.50. The van der Waals surface area contributed by atoms with E-state index in [9.17, 15) is 0 Å². The van der Waals surface area contributed by atoms with Crippen LogP contribution in [0.5, 0.6) is 0 Å². The van der Waals surface area contributed by atoms with Gasteiger partial charge in [0.2, 0.25) is 0 Å². The molecule has 1 atom stereocenters. The average Bonchev–Trinajstić information content (AvgIpc) is 0.811. The highest BCUT2D eigenvalue weighted by Gasteiger charge is 1.68. The topological polar surface area (TPSA) is 46.2 Å². The molecule has 0 aromatic rings. The molecule has 0 saturated heterocycles. The predicted molar refractivity (Wildman–Crippen MR) is 15.9 cm³/mol. The molecule has 0 saturated carbocycles. The molecule has 2 nitrogen and oxygen atoms in total. The maximum absolute atomic E-state index is 7.83. The van der Waals surface area contributed by atoms with Gasteiger partial charge in [-0.15, -0.1) is 0 Å². The second kappa shape index (κ2) is 1.26. The number of aliphatic hydroxyl groups is 1. The van der Waals surface area contributed by atoms with Crippen LogP contribution < -0.4 is 5.73 Å². The molecule has 0 heterocycles. The lowest BCUT2D eigenvalue weighted by Gasteiger charge is -1.82. The Morgan fingerprint density at radius 2 is 2.00 bits per heavy atom. The van der Waals surface area contributed by atoms with E-state index in [1.807, 2.05) is 0 Å². The molecule has 0 aromatic heterocycles. The minimum Gasteiger partial charge on any atom is -0.379 e. The van der Waals surface area contributed by atoms with Crippen LogP contribution in [-0.2, 0) is 0 Å². The van der Waals surface area contributed by atoms with E-state index < -0.39 is 6.23 Å². The van der Waals surface area contributed by atoms with Crippen LogP contribution in [0.15, 0.2) is 0 Å². The summed E-state index contributed by atoms with van der Waals surface area (Å²) in [5.74, 6) is 0. The summed E-state index contributed by atoms with van der Waals surface area (Å²) in [5.41, 5.74) is 4.67. The van der Waals surface area contributed by atoms with Gasteiger partial charge >= 0.3 is 0 Å². The van der Waals surface area contributed by atoms with Gasteiger partial charge in [-0.3, -0.25) is 0 Å². The summed E-state index contributed by atoms with van der Waals surface area (Å²) in [5, 5.41) is 7.83. The molecule has 0 spiro atoms. The molecule has 0 bridgehead atoms. The second-order valence-electron chi connectivity index (χ2n) is 0.741. The highest BCUT2D eigenvalue weighted by Crippen LogP contribution is 1.50. The number of nitrogens with two attached hydrogens (primary N) is 1. The minimum atomic E-state index is -0.667. The lowest BCUT2D eigenvalue weighted by Crippen LogP contribution is -2.11. The summed E-state index contributed by atoms with van der Waals surface area (Å²) in [7, 11) is 0. The third-order valence-electron chi connectivity index (χ3n) is 0. The maximum atomic E-state index is 7.83. The lowest BCUT2D eigenvalue weighted by molar-refractivity contribution is 0.203. The van der Waals surface area contributed by atoms with Crippen LogP contribution in [0.25, 0.3) is 0 Å². The first-order valence-electron chi connectivity index (χ1n) is 1.17. The molecule has 0 aliphatic carbocycles. The fourth-order valence-corrected chi connectivity index (χ4v) is 0. The second-order valence-corrected chi connectivity index (χ2v) is 0.741. The fraction of sp³-hybridized carbons (Fsp3) is 1.00. The zero-order valence-electron chi connectivity index (χ0n) is 2.60. The van der Waals surface area contributed by atoms with Crippen LogP contribution in [0, 0.1) is 0 Å². The van der Waals surface area contributed by atoms with Gasteiger partial charge in [0.15, 0.2) is 0 Å². The molecule has 0 aliphatic heterocycles. The van der Waals surface area contributed by atoms with Crippen molar-refractivity contribution in [2.75, 3.05) is 0 Å². The van der Waals surface area contributed by atoms with E-state index in [2.05, 4.69) is 5.73 Å². The van der Waals surface area contributed by atoms with E-state index in [1.54, 1.807) is 0 Å². The van der Waals surface area contributed by atoms with Crippen molar-refractivity contribution in [3.63, 3.8) is 0 Å². The third-order valence-corrected chi connectivity index (χ3v) is 0. The Bertz CT molecular complexity index is 10.8. The van der Waals surface area contributed by atoms with Gasteiger partial charge in [0.1, 0.15) is 0 Å². The molecule has 0 amide bonds. The quantitative estimate of drug-likeness (QED) is 0.363. The first kappa shape index (κ1) is 3.92. The SMILES string of the molecule is C[C@@H](N)O. The molecule has 0 unspecified atom stereocenters. The van der Waals surface area contributed by atoms with Crippen LogP contribution in [0.1, 0.15) is 6.92 Å². The van der Waals surface area contributed by atoms with Gasteiger partial charge in [-0.25, -0.2) is 0 Å². The Labute approximate surface area is 25.2 Å². The molecule has 0 fully saturated rings. The number of aliphatic hydroxyl groups excluding tert-OH is 1. The largest absolute Gasteiger partial charge is 0.379 e. The zero-order valence-corrected chi connectivity index (χ0v) is 2.60. The normalized spacial score (nSPS) is 15.8. The van der Waals surface area contributed by atoms with Crippen LogP contribution >= 0.6 is 0 Å². The molecule has 0 radical (unpaired) electrons. The van der Waals surface area contributed by atoms with Crippen molar-refractivity contribution in [1.82, 2.24) is 0 Å². The van der Waals surface area contributed by atoms with Crippen LogP contribution in [0.4, 0.5) is 0 Å². The number of rotatable bonds is 0. The van der Waals surface area contributed by atoms with E-state index >= 15 is 0 Å². The van der Waals surface area contributed by atoms with E-state index in [4.69, 9.17) is 5.11 Å². The fourth-order valence-electron chi connectivity index (χ4n) is 0. The summed E-state index contributed by atoms with van der Waals surface area (Å²) in [6, 6.07) is 0. The van der Waals surface area contributed by atoms with Crippen molar-refractivity contribution in [2.24, 2.45) is 5.73 Å². The third kappa shape index (κ3) is 254. The molecular formula is C2H7NO. The van der Waals surface area contributed by atoms with Crippen molar-refractivity contribution < 1.29 is 5.11 Å². The standard InChI is InChI=1S/C2H7NO/c1-2(3)4/h2,4H,3H2,1H3/t2-/m0/s1. The highest BCUT2D eigenvalue weighted by molar-refractivity contribution is 4.16. The highest BCUT2D eigenvalue weighted by atomic mass is 16.3. The van der Waals surface area contributed by atoms with Gasteiger partial charge in [-0.05, 0) is 6.92 Å². The van der Waals surface area contributed by atoms with Crippen molar-refractivity contribution in [3.8, 4) is 0 Å². The minimum absolute atomic E-state index is 0.667. The lowest BCUT2D eigenvalue weighted by atomic mass is 10.7. The Morgan fingerprint density at radius 3 is 2.00 bits per heavy atom. The van der Waals surface area contributed by atoms with Crippen LogP contribution in [0.3, 0.4) is 0 Å². The van der Waals surface area contributed by atoms with Crippen molar-refractivity contribution >= 4 is 0 Å². The van der Waals surface area contributed by atoms with Crippen molar-refractivity contribution in [3.05, 3.63) is 0 Å². The zero-order chi connectivity index (χ0) is 3.58. The molecule has 3 N–H and O–H groups in total. The molecule has 0 rings (SSSR count). The Kier molecular flexibility index (Phi) is 1.24. The van der Waals surface area contributed by atoms with E-state index in [-0.39, 0.29) is 0 Å². The summed E-state index contributed by atoms with van der Waals surface area (Å²) in [6.07, 6.45) is -0.667. The van der Waals surface area contributed by atoms with E-state index in [0.717, 1.165) is 0 Å². The predicted octanol–water partition coefficient (Wildman–Crippen LogP) is -0.717. The summed E-state index contributed by atoms with van der Waals surface area (Å²) < 4.78 is 0. The average molecular weight is 61.1 g/mol. The molecule has 4 heavy (non-hydrogen) atoms. The summed E-state index contributed by atoms with van der Waals surface area (Å²) >= 11 is 0. The molecule has 0 aliphatic rings. The van der Waals surface area contributed by atoms with Gasteiger partial charge in [0, 0.05) is 0 Å². The van der Waals surface area contributed by atoms with Gasteiger partial charge < -0.3 is 10.8 Å². The molecular weight excluding hydrogens is 54.0 g/mol. The van der Waals surface area contributed by atoms with Crippen molar-refractivity contribution in [1.29, 1.82) is 0 Å². The smallest absolute Gasteiger partial charge is 0.0991 e. The van der Waals surface area contributed by atoms with Gasteiger partial charge in [0.05, 0.1) is 6.23 Å². The van der Waals surface area contributed by atoms with Gasteiger partial charge in [-0.2, -0.15) is 0 Å².